The summed E-state index contributed by atoms with van der Waals surface area (Å²) in [5, 5.41) is 7.14. The van der Waals surface area contributed by atoms with Crippen LogP contribution in [0.3, 0.4) is 0 Å². The summed E-state index contributed by atoms with van der Waals surface area (Å²) in [5.74, 6) is 1.40. The van der Waals surface area contributed by atoms with Gasteiger partial charge in [0, 0.05) is 17.3 Å². The highest BCUT2D eigenvalue weighted by Gasteiger charge is 2.15. The maximum absolute atomic E-state index is 12.4. The smallest absolute Gasteiger partial charge is 0.267 e. The molecule has 7 nitrogen and oxygen atoms in total. The van der Waals surface area contributed by atoms with Gasteiger partial charge in [-0.3, -0.25) is 9.59 Å². The lowest BCUT2D eigenvalue weighted by atomic mass is 10.0. The number of anilines is 1. The molecule has 0 atom stereocenters. The maximum Gasteiger partial charge on any atom is 0.267 e. The number of ether oxygens (including phenoxy) is 2. The fourth-order valence-corrected chi connectivity index (χ4v) is 3.06. The Morgan fingerprint density at radius 2 is 1.83 bits per heavy atom. The first kappa shape index (κ1) is 18.7. The van der Waals surface area contributed by atoms with E-state index in [0.717, 1.165) is 10.2 Å². The van der Waals surface area contributed by atoms with Gasteiger partial charge in [0.05, 0.1) is 5.69 Å². The van der Waals surface area contributed by atoms with Gasteiger partial charge in [-0.25, -0.2) is 4.68 Å². The second-order valence-corrected chi connectivity index (χ2v) is 7.11. The van der Waals surface area contributed by atoms with Gasteiger partial charge in [-0.2, -0.15) is 5.10 Å². The summed E-state index contributed by atoms with van der Waals surface area (Å²) in [4.78, 5) is 24.6. The van der Waals surface area contributed by atoms with E-state index in [9.17, 15) is 9.59 Å². The van der Waals surface area contributed by atoms with E-state index in [2.05, 4.69) is 24.3 Å². The summed E-state index contributed by atoms with van der Waals surface area (Å²) in [7, 11) is 0. The van der Waals surface area contributed by atoms with Gasteiger partial charge in [0.25, 0.3) is 5.56 Å². The Bertz CT molecular complexity index is 1100. The number of aromatic nitrogens is 2. The van der Waals surface area contributed by atoms with Crippen molar-refractivity contribution in [3.63, 3.8) is 0 Å². The topological polar surface area (TPSA) is 82.5 Å². The summed E-state index contributed by atoms with van der Waals surface area (Å²) in [6.45, 7) is 4.23. The molecule has 1 aromatic heterocycles. The fraction of sp³-hybridized carbons (Fsp3) is 0.227. The lowest BCUT2D eigenvalue weighted by Gasteiger charge is -2.10. The Morgan fingerprint density at radius 1 is 1.07 bits per heavy atom. The largest absolute Gasteiger partial charge is 0.454 e. The van der Waals surface area contributed by atoms with Gasteiger partial charge >= 0.3 is 0 Å². The van der Waals surface area contributed by atoms with E-state index in [1.165, 1.54) is 11.6 Å². The van der Waals surface area contributed by atoms with Crippen molar-refractivity contribution in [3.8, 4) is 22.8 Å². The van der Waals surface area contributed by atoms with E-state index in [1.807, 2.05) is 30.3 Å². The van der Waals surface area contributed by atoms with E-state index in [1.54, 1.807) is 18.2 Å². The number of fused-ring (bicyclic) bond motifs is 1. The summed E-state index contributed by atoms with van der Waals surface area (Å²) in [6, 6.07) is 16.1. The minimum absolute atomic E-state index is 0.177. The van der Waals surface area contributed by atoms with Crippen LogP contribution in [0.1, 0.15) is 25.3 Å². The molecule has 1 amide bonds. The Hall–Kier alpha value is -3.61. The number of carbonyl (C=O) groups is 1. The van der Waals surface area contributed by atoms with Gasteiger partial charge in [0.15, 0.2) is 11.5 Å². The van der Waals surface area contributed by atoms with Crippen molar-refractivity contribution in [2.75, 3.05) is 12.1 Å². The first-order valence-corrected chi connectivity index (χ1v) is 9.37. The minimum atomic E-state index is -0.347. The van der Waals surface area contributed by atoms with Crippen LogP contribution in [-0.4, -0.2) is 22.5 Å². The van der Waals surface area contributed by atoms with E-state index in [4.69, 9.17) is 9.47 Å². The van der Waals surface area contributed by atoms with E-state index >= 15 is 0 Å². The molecule has 0 radical (unpaired) electrons. The normalized spacial score (nSPS) is 12.2. The Kier molecular flexibility index (Phi) is 5.03. The molecule has 148 valence electrons. The number of nitrogens with one attached hydrogen (secondary N) is 1. The molecule has 1 N–H and O–H groups in total. The molecule has 29 heavy (non-hydrogen) atoms. The average Bonchev–Trinajstić information content (AvgIpc) is 3.18. The highest BCUT2D eigenvalue weighted by molar-refractivity contribution is 5.90. The van der Waals surface area contributed by atoms with Gasteiger partial charge in [-0.1, -0.05) is 26.0 Å². The zero-order valence-electron chi connectivity index (χ0n) is 16.2. The molecular weight excluding hydrogens is 370 g/mol. The van der Waals surface area contributed by atoms with Crippen LogP contribution in [0.5, 0.6) is 11.5 Å². The highest BCUT2D eigenvalue weighted by atomic mass is 16.7. The number of carbonyl (C=O) groups excluding carboxylic acids is 1. The van der Waals surface area contributed by atoms with Crippen molar-refractivity contribution in [1.82, 2.24) is 9.78 Å². The number of benzene rings is 2. The third kappa shape index (κ3) is 4.13. The Morgan fingerprint density at radius 3 is 2.59 bits per heavy atom. The van der Waals surface area contributed by atoms with Crippen LogP contribution >= 0.6 is 0 Å². The monoisotopic (exact) mass is 391 g/mol. The van der Waals surface area contributed by atoms with E-state index in [0.29, 0.717) is 28.8 Å². The molecule has 1 aliphatic rings. The van der Waals surface area contributed by atoms with Crippen molar-refractivity contribution in [2.24, 2.45) is 0 Å². The molecule has 2 heterocycles. The molecule has 3 aromatic rings. The molecule has 0 saturated carbocycles. The van der Waals surface area contributed by atoms with Crippen molar-refractivity contribution in [3.05, 3.63) is 70.5 Å². The first-order valence-electron chi connectivity index (χ1n) is 9.37. The Labute approximate surface area is 167 Å². The van der Waals surface area contributed by atoms with Crippen LogP contribution in [0, 0.1) is 0 Å². The Balaban J connectivity index is 1.50. The fourth-order valence-electron chi connectivity index (χ4n) is 3.06. The summed E-state index contributed by atoms with van der Waals surface area (Å²) >= 11 is 0. The van der Waals surface area contributed by atoms with E-state index < -0.39 is 0 Å². The van der Waals surface area contributed by atoms with Gasteiger partial charge in [0.1, 0.15) is 6.54 Å². The summed E-state index contributed by atoms with van der Waals surface area (Å²) in [6.07, 6.45) is 0. The van der Waals surface area contributed by atoms with Crippen LogP contribution in [-0.2, 0) is 11.3 Å². The standard InChI is InChI=1S/C22H21N3O4/c1-14(2)15-3-6-17(7-4-15)23-21(26)12-25-22(27)10-8-18(24-25)16-5-9-19-20(11-16)29-13-28-19/h3-11,14H,12-13H2,1-2H3,(H,23,26). The molecule has 2 aromatic carbocycles. The average molecular weight is 391 g/mol. The van der Waals surface area contributed by atoms with Crippen molar-refractivity contribution >= 4 is 11.6 Å². The second-order valence-electron chi connectivity index (χ2n) is 7.11. The predicted octanol–water partition coefficient (Wildman–Crippen LogP) is 3.40. The van der Waals surface area contributed by atoms with Crippen LogP contribution in [0.25, 0.3) is 11.3 Å². The molecule has 0 spiro atoms. The molecule has 4 rings (SSSR count). The molecule has 0 fully saturated rings. The van der Waals surface area contributed by atoms with Crippen molar-refractivity contribution in [2.45, 2.75) is 26.3 Å². The third-order valence-electron chi connectivity index (χ3n) is 4.69. The molecule has 7 heteroatoms. The number of rotatable bonds is 5. The van der Waals surface area contributed by atoms with Gasteiger partial charge in [-0.15, -0.1) is 0 Å². The predicted molar refractivity (Wildman–Crippen MR) is 109 cm³/mol. The summed E-state index contributed by atoms with van der Waals surface area (Å²) in [5.41, 5.74) is 2.86. The molecule has 0 saturated heterocycles. The highest BCUT2D eigenvalue weighted by Crippen LogP contribution is 2.35. The lowest BCUT2D eigenvalue weighted by Crippen LogP contribution is -2.29. The summed E-state index contributed by atoms with van der Waals surface area (Å²) < 4.78 is 11.8. The van der Waals surface area contributed by atoms with Gasteiger partial charge in [0.2, 0.25) is 12.7 Å². The van der Waals surface area contributed by atoms with Crippen LogP contribution < -0.4 is 20.3 Å². The molecule has 0 bridgehead atoms. The zero-order valence-corrected chi connectivity index (χ0v) is 16.2. The zero-order chi connectivity index (χ0) is 20.4. The SMILES string of the molecule is CC(C)c1ccc(NC(=O)Cn2nc(-c3ccc4c(c3)OCO4)ccc2=O)cc1. The van der Waals surface area contributed by atoms with Crippen molar-refractivity contribution < 1.29 is 14.3 Å². The molecule has 0 unspecified atom stereocenters. The molecule has 1 aliphatic heterocycles. The van der Waals surface area contributed by atoms with Crippen LogP contribution in [0.15, 0.2) is 59.4 Å². The van der Waals surface area contributed by atoms with E-state index in [-0.39, 0.29) is 24.8 Å². The van der Waals surface area contributed by atoms with Gasteiger partial charge < -0.3 is 14.8 Å². The van der Waals surface area contributed by atoms with Gasteiger partial charge in [-0.05, 0) is 47.9 Å². The number of hydrogen-bond acceptors (Lipinski definition) is 5. The number of nitrogens with zero attached hydrogens (tertiary/aromatic N) is 2. The molecule has 0 aliphatic carbocycles. The van der Waals surface area contributed by atoms with Crippen LogP contribution in [0.2, 0.25) is 0 Å². The van der Waals surface area contributed by atoms with Crippen LogP contribution in [0.4, 0.5) is 5.69 Å². The number of hydrogen-bond donors (Lipinski definition) is 1. The minimum Gasteiger partial charge on any atom is -0.454 e. The molecular formula is C22H21N3O4. The van der Waals surface area contributed by atoms with Crippen molar-refractivity contribution in [1.29, 1.82) is 0 Å². The quantitative estimate of drug-likeness (QED) is 0.721. The maximum atomic E-state index is 12.4. The second kappa shape index (κ2) is 7.79. The first-order chi connectivity index (χ1) is 14.0. The lowest BCUT2D eigenvalue weighted by molar-refractivity contribution is -0.117. The number of amides is 1. The third-order valence-corrected chi connectivity index (χ3v) is 4.69.